The molecular formula is C13H18ClN3. The number of aromatic nitrogens is 1. The molecule has 17 heavy (non-hydrogen) atoms. The van der Waals surface area contributed by atoms with Crippen molar-refractivity contribution in [1.82, 2.24) is 9.88 Å². The van der Waals surface area contributed by atoms with Crippen molar-refractivity contribution in [3.05, 3.63) is 23.0 Å². The average molecular weight is 252 g/mol. The summed E-state index contributed by atoms with van der Waals surface area (Å²) in [5.74, 6) is 0.802. The van der Waals surface area contributed by atoms with Crippen molar-refractivity contribution in [2.75, 3.05) is 25.0 Å². The summed E-state index contributed by atoms with van der Waals surface area (Å²) in [6.45, 7) is 5.76. The largest absolute Gasteiger partial charge is 0.378 e. The second-order valence-electron chi connectivity index (χ2n) is 5.18. The Labute approximate surface area is 107 Å². The van der Waals surface area contributed by atoms with Crippen LogP contribution in [-0.2, 0) is 0 Å². The Morgan fingerprint density at radius 1 is 1.41 bits per heavy atom. The number of halogens is 1. The number of pyridine rings is 1. The molecule has 2 bridgehead atoms. The Morgan fingerprint density at radius 3 is 2.76 bits per heavy atom. The third kappa shape index (κ3) is 2.14. The molecule has 4 rings (SSSR count). The van der Waals surface area contributed by atoms with Crippen molar-refractivity contribution >= 4 is 17.3 Å². The molecule has 92 valence electrons. The first-order chi connectivity index (χ1) is 8.24. The van der Waals surface area contributed by atoms with Gasteiger partial charge in [0.05, 0.1) is 5.69 Å². The smallest absolute Gasteiger partial charge is 0.152 e. The van der Waals surface area contributed by atoms with Crippen molar-refractivity contribution in [1.29, 1.82) is 0 Å². The minimum Gasteiger partial charge on any atom is -0.378 e. The van der Waals surface area contributed by atoms with Crippen LogP contribution in [0, 0.1) is 12.8 Å². The van der Waals surface area contributed by atoms with Crippen molar-refractivity contribution in [2.45, 2.75) is 25.8 Å². The number of aryl methyl sites for hydroxylation is 1. The van der Waals surface area contributed by atoms with Crippen molar-refractivity contribution < 1.29 is 0 Å². The summed E-state index contributed by atoms with van der Waals surface area (Å²) in [7, 11) is 0. The van der Waals surface area contributed by atoms with Crippen molar-refractivity contribution in [3.63, 3.8) is 0 Å². The van der Waals surface area contributed by atoms with Gasteiger partial charge < -0.3 is 10.2 Å². The van der Waals surface area contributed by atoms with E-state index < -0.39 is 0 Å². The minimum absolute atomic E-state index is 0.540. The first-order valence-electron chi connectivity index (χ1n) is 6.34. The fourth-order valence-electron chi connectivity index (χ4n) is 3.01. The molecule has 3 fully saturated rings. The van der Waals surface area contributed by atoms with Gasteiger partial charge in [0.2, 0.25) is 0 Å². The normalized spacial score (nSPS) is 31.5. The van der Waals surface area contributed by atoms with Gasteiger partial charge in [-0.1, -0.05) is 11.6 Å². The molecule has 0 spiro atoms. The number of piperidine rings is 3. The highest BCUT2D eigenvalue weighted by atomic mass is 35.5. The Balaban J connectivity index is 1.79. The van der Waals surface area contributed by atoms with Gasteiger partial charge >= 0.3 is 0 Å². The molecule has 0 radical (unpaired) electrons. The van der Waals surface area contributed by atoms with Crippen LogP contribution in [0.5, 0.6) is 0 Å². The third-order valence-electron chi connectivity index (χ3n) is 4.10. The number of rotatable bonds is 2. The van der Waals surface area contributed by atoms with Gasteiger partial charge in [-0.25, -0.2) is 4.98 Å². The monoisotopic (exact) mass is 251 g/mol. The molecule has 0 saturated carbocycles. The third-order valence-corrected chi connectivity index (χ3v) is 4.39. The Kier molecular flexibility index (Phi) is 2.97. The van der Waals surface area contributed by atoms with Crippen LogP contribution in [0.3, 0.4) is 0 Å². The zero-order chi connectivity index (χ0) is 11.8. The van der Waals surface area contributed by atoms with Crippen LogP contribution < -0.4 is 5.32 Å². The number of hydrogen-bond acceptors (Lipinski definition) is 3. The van der Waals surface area contributed by atoms with Crippen LogP contribution in [0.1, 0.15) is 18.4 Å². The maximum absolute atomic E-state index is 6.16. The first-order valence-corrected chi connectivity index (χ1v) is 6.72. The summed E-state index contributed by atoms with van der Waals surface area (Å²) in [6, 6.07) is 2.55. The lowest BCUT2D eigenvalue weighted by Gasteiger charge is -2.45. The molecule has 3 nitrogen and oxygen atoms in total. The second-order valence-corrected chi connectivity index (χ2v) is 5.54. The molecule has 1 unspecified atom stereocenters. The second kappa shape index (κ2) is 4.46. The van der Waals surface area contributed by atoms with Crippen LogP contribution in [0.15, 0.2) is 12.3 Å². The maximum atomic E-state index is 6.16. The van der Waals surface area contributed by atoms with E-state index in [1.807, 2.05) is 6.07 Å². The molecule has 0 aliphatic carbocycles. The van der Waals surface area contributed by atoms with Gasteiger partial charge in [0.25, 0.3) is 0 Å². The van der Waals surface area contributed by atoms with Gasteiger partial charge in [0.1, 0.15) is 0 Å². The van der Waals surface area contributed by atoms with E-state index in [9.17, 15) is 0 Å². The van der Waals surface area contributed by atoms with E-state index in [0.29, 0.717) is 11.2 Å². The van der Waals surface area contributed by atoms with Gasteiger partial charge in [0.15, 0.2) is 5.15 Å². The summed E-state index contributed by atoms with van der Waals surface area (Å²) >= 11 is 6.16. The Hall–Kier alpha value is -0.800. The van der Waals surface area contributed by atoms with Crippen molar-refractivity contribution in [3.8, 4) is 0 Å². The summed E-state index contributed by atoms with van der Waals surface area (Å²) in [5, 5.41) is 4.21. The van der Waals surface area contributed by atoms with Gasteiger partial charge in [-0.05, 0) is 50.4 Å². The topological polar surface area (TPSA) is 28.2 Å². The van der Waals surface area contributed by atoms with Crippen LogP contribution in [0.4, 0.5) is 5.69 Å². The van der Waals surface area contributed by atoms with Gasteiger partial charge in [-0.3, -0.25) is 0 Å². The fraction of sp³-hybridized carbons (Fsp3) is 0.615. The number of nitrogens with zero attached hydrogens (tertiary/aromatic N) is 2. The van der Waals surface area contributed by atoms with Crippen LogP contribution in [-0.4, -0.2) is 35.6 Å². The molecule has 0 amide bonds. The van der Waals surface area contributed by atoms with Gasteiger partial charge in [0, 0.05) is 18.8 Å². The lowest BCUT2D eigenvalue weighted by atomic mass is 9.84. The molecule has 1 N–H and O–H groups in total. The zero-order valence-corrected chi connectivity index (χ0v) is 10.9. The highest BCUT2D eigenvalue weighted by molar-refractivity contribution is 6.32. The molecule has 4 heterocycles. The van der Waals surface area contributed by atoms with Crippen LogP contribution in [0.25, 0.3) is 0 Å². The SMILES string of the molecule is Cc1ccnc(Cl)c1NC1CN2CCC1CC2. The molecule has 1 aromatic heterocycles. The Morgan fingerprint density at radius 2 is 2.18 bits per heavy atom. The summed E-state index contributed by atoms with van der Waals surface area (Å²) in [5.41, 5.74) is 2.20. The molecule has 0 aromatic carbocycles. The highest BCUT2D eigenvalue weighted by Gasteiger charge is 2.34. The molecule has 3 aliphatic heterocycles. The van der Waals surface area contributed by atoms with E-state index >= 15 is 0 Å². The predicted molar refractivity (Wildman–Crippen MR) is 70.6 cm³/mol. The predicted octanol–water partition coefficient (Wildman–Crippen LogP) is 2.55. The van der Waals surface area contributed by atoms with Gasteiger partial charge in [-0.2, -0.15) is 0 Å². The van der Waals surface area contributed by atoms with Gasteiger partial charge in [-0.15, -0.1) is 0 Å². The highest BCUT2D eigenvalue weighted by Crippen LogP contribution is 2.32. The van der Waals surface area contributed by atoms with E-state index in [2.05, 4.69) is 22.1 Å². The zero-order valence-electron chi connectivity index (χ0n) is 10.1. The number of hydrogen-bond donors (Lipinski definition) is 1. The molecular weight excluding hydrogens is 234 g/mol. The van der Waals surface area contributed by atoms with E-state index in [0.717, 1.165) is 18.2 Å². The van der Waals surface area contributed by atoms with E-state index in [-0.39, 0.29) is 0 Å². The maximum Gasteiger partial charge on any atom is 0.152 e. The minimum atomic E-state index is 0.540. The lowest BCUT2D eigenvalue weighted by Crippen LogP contribution is -2.53. The summed E-state index contributed by atoms with van der Waals surface area (Å²) < 4.78 is 0. The van der Waals surface area contributed by atoms with E-state index in [1.165, 1.54) is 31.5 Å². The molecule has 3 aliphatic rings. The fourth-order valence-corrected chi connectivity index (χ4v) is 3.27. The summed E-state index contributed by atoms with van der Waals surface area (Å²) in [6.07, 6.45) is 4.39. The average Bonchev–Trinajstić information content (AvgIpc) is 2.36. The molecule has 1 aromatic rings. The van der Waals surface area contributed by atoms with Crippen LogP contribution >= 0.6 is 11.6 Å². The lowest BCUT2D eigenvalue weighted by molar-refractivity contribution is 0.0975. The Bertz CT molecular complexity index is 393. The van der Waals surface area contributed by atoms with Crippen LogP contribution in [0.2, 0.25) is 5.15 Å². The van der Waals surface area contributed by atoms with E-state index in [1.54, 1.807) is 6.20 Å². The van der Waals surface area contributed by atoms with Crippen molar-refractivity contribution in [2.24, 2.45) is 5.92 Å². The van der Waals surface area contributed by atoms with E-state index in [4.69, 9.17) is 11.6 Å². The molecule has 4 heteroatoms. The molecule has 1 atom stereocenters. The number of anilines is 1. The first kappa shape index (κ1) is 11.3. The number of fused-ring (bicyclic) bond motifs is 3. The summed E-state index contributed by atoms with van der Waals surface area (Å²) in [4.78, 5) is 6.70. The number of nitrogens with one attached hydrogen (secondary N) is 1. The standard InChI is InChI=1S/C13H18ClN3/c1-9-2-5-15-13(14)12(9)16-11-8-17-6-3-10(11)4-7-17/h2,5,10-11,16H,3-4,6-8H2,1H3. The molecule has 3 saturated heterocycles. The quantitative estimate of drug-likeness (QED) is 0.819.